The van der Waals surface area contributed by atoms with Gasteiger partial charge in [0.1, 0.15) is 11.8 Å². The van der Waals surface area contributed by atoms with Gasteiger partial charge in [-0.3, -0.25) is 14.6 Å². The number of ether oxygens (including phenoxy) is 1. The molecule has 2 unspecified atom stereocenters. The quantitative estimate of drug-likeness (QED) is 0.698. The molecule has 1 aliphatic carbocycles. The smallest absolute Gasteiger partial charge is 0.274 e. The van der Waals surface area contributed by atoms with Crippen LogP contribution in [0.15, 0.2) is 46.0 Å². The highest BCUT2D eigenvalue weighted by atomic mass is 16.5. The topological polar surface area (TPSA) is 112 Å². The second kappa shape index (κ2) is 7.83. The number of hydrogen-bond acceptors (Lipinski definition) is 7. The van der Waals surface area contributed by atoms with Crippen molar-refractivity contribution in [1.29, 1.82) is 0 Å². The minimum absolute atomic E-state index is 0.249. The second-order valence-corrected chi connectivity index (χ2v) is 7.56. The Bertz CT molecular complexity index is 1120. The van der Waals surface area contributed by atoms with Crippen LogP contribution in [0.5, 0.6) is 0 Å². The van der Waals surface area contributed by atoms with E-state index in [2.05, 4.69) is 20.6 Å². The van der Waals surface area contributed by atoms with Crippen molar-refractivity contribution in [2.45, 2.75) is 37.8 Å². The van der Waals surface area contributed by atoms with Crippen molar-refractivity contribution in [2.24, 2.45) is 0 Å². The standard InChI is InChI=1S/C21H21N5O4/c27-19-6-5-15(13-7-9-22-10-8-13)24-26(19)17-12-29-11-16(17)23-21(28)20-14-3-1-2-4-18(14)30-25-20/h5-10,16-17H,1-4,11-12H2,(H,23,28). The van der Waals surface area contributed by atoms with E-state index in [1.54, 1.807) is 18.5 Å². The van der Waals surface area contributed by atoms with Crippen LogP contribution in [0.2, 0.25) is 0 Å². The number of nitrogens with one attached hydrogen (secondary N) is 1. The van der Waals surface area contributed by atoms with Crippen LogP contribution in [0.4, 0.5) is 0 Å². The Hall–Kier alpha value is -3.33. The van der Waals surface area contributed by atoms with E-state index in [0.717, 1.165) is 42.6 Å². The van der Waals surface area contributed by atoms with Gasteiger partial charge in [-0.1, -0.05) is 5.16 Å². The van der Waals surface area contributed by atoms with Crippen LogP contribution in [0.3, 0.4) is 0 Å². The molecule has 2 atom stereocenters. The number of fused-ring (bicyclic) bond motifs is 1. The molecule has 4 heterocycles. The van der Waals surface area contributed by atoms with Crippen LogP contribution in [0, 0.1) is 0 Å². The first-order valence-corrected chi connectivity index (χ1v) is 10.1. The number of carbonyl (C=O) groups is 1. The number of hydrogen-bond donors (Lipinski definition) is 1. The third-order valence-electron chi connectivity index (χ3n) is 5.65. The fourth-order valence-electron chi connectivity index (χ4n) is 4.06. The Kier molecular flexibility index (Phi) is 4.88. The van der Waals surface area contributed by atoms with Crippen molar-refractivity contribution in [3.8, 4) is 11.3 Å². The van der Waals surface area contributed by atoms with Gasteiger partial charge < -0.3 is 14.6 Å². The molecule has 0 bridgehead atoms. The van der Waals surface area contributed by atoms with Gasteiger partial charge in [-0.15, -0.1) is 0 Å². The highest BCUT2D eigenvalue weighted by Crippen LogP contribution is 2.25. The van der Waals surface area contributed by atoms with Gasteiger partial charge in [0.05, 0.1) is 24.9 Å². The molecular weight excluding hydrogens is 386 g/mol. The summed E-state index contributed by atoms with van der Waals surface area (Å²) in [4.78, 5) is 29.4. The fourth-order valence-corrected chi connectivity index (χ4v) is 4.06. The molecule has 1 saturated heterocycles. The van der Waals surface area contributed by atoms with E-state index < -0.39 is 12.1 Å². The summed E-state index contributed by atoms with van der Waals surface area (Å²) >= 11 is 0. The molecule has 1 N–H and O–H groups in total. The molecule has 1 aliphatic heterocycles. The highest BCUT2D eigenvalue weighted by molar-refractivity contribution is 5.94. The lowest BCUT2D eigenvalue weighted by Crippen LogP contribution is -2.44. The Balaban J connectivity index is 1.40. The molecule has 1 amide bonds. The molecule has 0 aromatic carbocycles. The van der Waals surface area contributed by atoms with Crippen LogP contribution in [0.25, 0.3) is 11.3 Å². The predicted molar refractivity (Wildman–Crippen MR) is 106 cm³/mol. The van der Waals surface area contributed by atoms with Gasteiger partial charge in [-0.25, -0.2) is 4.68 Å². The van der Waals surface area contributed by atoms with E-state index in [-0.39, 0.29) is 18.1 Å². The average molecular weight is 407 g/mol. The maximum Gasteiger partial charge on any atom is 0.274 e. The average Bonchev–Trinajstić information content (AvgIpc) is 3.42. The first-order valence-electron chi connectivity index (χ1n) is 10.1. The summed E-state index contributed by atoms with van der Waals surface area (Å²) in [5, 5.41) is 11.5. The van der Waals surface area contributed by atoms with Crippen molar-refractivity contribution >= 4 is 5.91 Å². The molecule has 3 aromatic rings. The Morgan fingerprint density at radius 2 is 1.93 bits per heavy atom. The van der Waals surface area contributed by atoms with Crippen molar-refractivity contribution in [2.75, 3.05) is 13.2 Å². The van der Waals surface area contributed by atoms with E-state index in [4.69, 9.17) is 9.26 Å². The predicted octanol–water partition coefficient (Wildman–Crippen LogP) is 1.54. The molecule has 1 fully saturated rings. The third kappa shape index (κ3) is 3.41. The van der Waals surface area contributed by atoms with Gasteiger partial charge >= 0.3 is 0 Å². The summed E-state index contributed by atoms with van der Waals surface area (Å²) in [6.45, 7) is 0.582. The number of aryl methyl sites for hydroxylation is 1. The monoisotopic (exact) mass is 407 g/mol. The SMILES string of the molecule is O=C(NC1COCC1n1nc(-c2ccncc2)ccc1=O)c1noc2c1CCCC2. The van der Waals surface area contributed by atoms with E-state index in [0.29, 0.717) is 18.0 Å². The molecule has 0 saturated carbocycles. The van der Waals surface area contributed by atoms with E-state index in [1.165, 1.54) is 10.7 Å². The normalized spacial score (nSPS) is 20.7. The van der Waals surface area contributed by atoms with Crippen molar-refractivity contribution in [3.63, 3.8) is 0 Å². The first kappa shape index (κ1) is 18.7. The van der Waals surface area contributed by atoms with Gasteiger partial charge in [0.2, 0.25) is 0 Å². The molecular formula is C21H21N5O4. The summed E-state index contributed by atoms with van der Waals surface area (Å²) in [7, 11) is 0. The zero-order chi connectivity index (χ0) is 20.5. The van der Waals surface area contributed by atoms with E-state index in [9.17, 15) is 9.59 Å². The summed E-state index contributed by atoms with van der Waals surface area (Å²) in [6.07, 6.45) is 7.02. The summed E-state index contributed by atoms with van der Waals surface area (Å²) < 4.78 is 12.3. The maximum absolute atomic E-state index is 12.9. The Morgan fingerprint density at radius 1 is 1.10 bits per heavy atom. The molecule has 0 radical (unpaired) electrons. The number of nitrogens with zero attached hydrogens (tertiary/aromatic N) is 4. The molecule has 2 aliphatic rings. The largest absolute Gasteiger partial charge is 0.377 e. The molecule has 9 nitrogen and oxygen atoms in total. The number of pyridine rings is 1. The first-order chi connectivity index (χ1) is 14.7. The molecule has 30 heavy (non-hydrogen) atoms. The number of rotatable bonds is 4. The van der Waals surface area contributed by atoms with Crippen LogP contribution >= 0.6 is 0 Å². The van der Waals surface area contributed by atoms with Crippen LogP contribution < -0.4 is 10.9 Å². The van der Waals surface area contributed by atoms with E-state index in [1.807, 2.05) is 12.1 Å². The summed E-state index contributed by atoms with van der Waals surface area (Å²) in [5.41, 5.74) is 2.48. The number of carbonyl (C=O) groups excluding carboxylic acids is 1. The van der Waals surface area contributed by atoms with Gasteiger partial charge in [-0.05, 0) is 37.5 Å². The van der Waals surface area contributed by atoms with E-state index >= 15 is 0 Å². The van der Waals surface area contributed by atoms with Crippen molar-refractivity contribution < 1.29 is 14.1 Å². The minimum atomic E-state index is -0.411. The summed E-state index contributed by atoms with van der Waals surface area (Å²) in [6, 6.07) is 6.01. The Labute approximate surface area is 172 Å². The lowest BCUT2D eigenvalue weighted by Gasteiger charge is -2.20. The zero-order valence-corrected chi connectivity index (χ0v) is 16.3. The lowest BCUT2D eigenvalue weighted by molar-refractivity contribution is 0.0914. The lowest BCUT2D eigenvalue weighted by atomic mass is 9.96. The second-order valence-electron chi connectivity index (χ2n) is 7.56. The maximum atomic E-state index is 12.9. The highest BCUT2D eigenvalue weighted by Gasteiger charge is 2.34. The van der Waals surface area contributed by atoms with Crippen LogP contribution in [0.1, 0.15) is 40.7 Å². The van der Waals surface area contributed by atoms with Gasteiger partial charge in [0, 0.05) is 36.0 Å². The molecule has 0 spiro atoms. The van der Waals surface area contributed by atoms with Gasteiger partial charge in [0.15, 0.2) is 5.69 Å². The Morgan fingerprint density at radius 3 is 2.80 bits per heavy atom. The molecule has 3 aromatic heterocycles. The number of amides is 1. The molecule has 5 rings (SSSR count). The fraction of sp³-hybridized carbons (Fsp3) is 0.381. The van der Waals surface area contributed by atoms with Crippen LogP contribution in [-0.4, -0.2) is 45.1 Å². The molecule has 9 heteroatoms. The van der Waals surface area contributed by atoms with Gasteiger partial charge in [-0.2, -0.15) is 5.10 Å². The minimum Gasteiger partial charge on any atom is -0.377 e. The zero-order valence-electron chi connectivity index (χ0n) is 16.3. The van der Waals surface area contributed by atoms with Gasteiger partial charge in [0.25, 0.3) is 11.5 Å². The van der Waals surface area contributed by atoms with Crippen molar-refractivity contribution in [3.05, 3.63) is 64.0 Å². The van der Waals surface area contributed by atoms with Crippen molar-refractivity contribution in [1.82, 2.24) is 25.2 Å². The van der Waals surface area contributed by atoms with Crippen LogP contribution in [-0.2, 0) is 17.6 Å². The summed E-state index contributed by atoms with van der Waals surface area (Å²) in [5.74, 6) is 0.495. The number of aromatic nitrogens is 4. The third-order valence-corrected chi connectivity index (χ3v) is 5.65. The molecule has 154 valence electrons.